The number of benzene rings is 1. The van der Waals surface area contributed by atoms with Gasteiger partial charge in [-0.3, -0.25) is 9.59 Å². The minimum Gasteiger partial charge on any atom is -0.358 e. The summed E-state index contributed by atoms with van der Waals surface area (Å²) in [5.41, 5.74) is -0.0789. The van der Waals surface area contributed by atoms with Gasteiger partial charge in [-0.15, -0.1) is 0 Å². The average Bonchev–Trinajstić information content (AvgIpc) is 2.84. The Labute approximate surface area is 114 Å². The van der Waals surface area contributed by atoms with E-state index < -0.39 is 23.3 Å². The van der Waals surface area contributed by atoms with Gasteiger partial charge in [-0.1, -0.05) is 0 Å². The van der Waals surface area contributed by atoms with Gasteiger partial charge in [-0.2, -0.15) is 0 Å². The number of carbonyl (C=O) groups is 2. The number of rotatable bonds is 3. The van der Waals surface area contributed by atoms with Gasteiger partial charge in [0.25, 0.3) is 11.7 Å². The average molecular weight is 280 g/mol. The van der Waals surface area contributed by atoms with Crippen LogP contribution in [0, 0.1) is 11.6 Å². The lowest BCUT2D eigenvalue weighted by Crippen LogP contribution is -2.38. The fourth-order valence-electron chi connectivity index (χ4n) is 1.84. The van der Waals surface area contributed by atoms with Crippen LogP contribution < -0.4 is 0 Å². The molecule has 0 aliphatic carbocycles. The van der Waals surface area contributed by atoms with Crippen molar-refractivity contribution < 1.29 is 18.4 Å². The van der Waals surface area contributed by atoms with Crippen LogP contribution in [0.1, 0.15) is 24.2 Å². The van der Waals surface area contributed by atoms with Crippen LogP contribution in [0.2, 0.25) is 0 Å². The number of carbonyl (C=O) groups excluding carboxylic acids is 2. The first-order valence-electron chi connectivity index (χ1n) is 6.11. The van der Waals surface area contributed by atoms with Crippen LogP contribution in [0.3, 0.4) is 0 Å². The van der Waals surface area contributed by atoms with Crippen molar-refractivity contribution in [3.05, 3.63) is 35.5 Å². The summed E-state index contributed by atoms with van der Waals surface area (Å²) >= 11 is 0. The fourth-order valence-corrected chi connectivity index (χ4v) is 1.84. The van der Waals surface area contributed by atoms with E-state index in [4.69, 9.17) is 0 Å². The lowest BCUT2D eigenvalue weighted by atomic mass is 10.1. The second-order valence-corrected chi connectivity index (χ2v) is 4.83. The quantitative estimate of drug-likeness (QED) is 0.693. The Bertz CT molecular complexity index is 692. The molecule has 106 valence electrons. The normalized spacial score (nSPS) is 11.1. The Morgan fingerprint density at radius 3 is 2.50 bits per heavy atom. The van der Waals surface area contributed by atoms with Crippen LogP contribution in [-0.2, 0) is 4.79 Å². The summed E-state index contributed by atoms with van der Waals surface area (Å²) in [5, 5.41) is 0.194. The number of nitrogens with zero attached hydrogens (tertiary/aromatic N) is 1. The van der Waals surface area contributed by atoms with Crippen LogP contribution in [0.4, 0.5) is 8.78 Å². The fraction of sp³-hybridized carbons (Fsp3) is 0.286. The first kappa shape index (κ1) is 14.2. The number of nitrogens with one attached hydrogen (secondary N) is 1. The first-order valence-corrected chi connectivity index (χ1v) is 6.11. The van der Waals surface area contributed by atoms with E-state index in [9.17, 15) is 18.4 Å². The molecule has 0 aliphatic heterocycles. The number of H-pyrrole nitrogens is 1. The number of fused-ring (bicyclic) bond motifs is 1. The maximum Gasteiger partial charge on any atom is 0.295 e. The van der Waals surface area contributed by atoms with E-state index in [-0.39, 0.29) is 22.5 Å². The maximum absolute atomic E-state index is 13.5. The molecule has 0 bridgehead atoms. The Kier molecular flexibility index (Phi) is 3.57. The van der Waals surface area contributed by atoms with Gasteiger partial charge < -0.3 is 9.88 Å². The molecule has 20 heavy (non-hydrogen) atoms. The number of likely N-dealkylation sites (N-methyl/N-ethyl adjacent to an activating group) is 1. The van der Waals surface area contributed by atoms with Gasteiger partial charge >= 0.3 is 0 Å². The molecule has 0 unspecified atom stereocenters. The largest absolute Gasteiger partial charge is 0.358 e. The molecule has 0 saturated heterocycles. The number of aromatic nitrogens is 1. The highest BCUT2D eigenvalue weighted by Crippen LogP contribution is 2.23. The third kappa shape index (κ3) is 2.17. The molecule has 2 rings (SSSR count). The third-order valence-electron chi connectivity index (χ3n) is 3.28. The molecule has 0 saturated carbocycles. The molecule has 0 radical (unpaired) electrons. The molecule has 6 heteroatoms. The summed E-state index contributed by atoms with van der Waals surface area (Å²) in [6.45, 7) is 3.55. The molecule has 1 heterocycles. The van der Waals surface area contributed by atoms with E-state index in [0.717, 1.165) is 6.07 Å². The molecule has 1 N–H and O–H groups in total. The predicted molar refractivity (Wildman–Crippen MR) is 70.5 cm³/mol. The van der Waals surface area contributed by atoms with Crippen molar-refractivity contribution in [2.24, 2.45) is 0 Å². The molecular weight excluding hydrogens is 266 g/mol. The molecule has 1 aromatic carbocycles. The maximum atomic E-state index is 13.5. The molecule has 1 aromatic heterocycles. The molecular formula is C14H14F2N2O2. The van der Waals surface area contributed by atoms with Crippen molar-refractivity contribution >= 4 is 22.6 Å². The Morgan fingerprint density at radius 2 is 1.90 bits per heavy atom. The zero-order valence-electron chi connectivity index (χ0n) is 11.3. The number of hydrogen-bond donors (Lipinski definition) is 1. The zero-order valence-corrected chi connectivity index (χ0v) is 11.3. The zero-order chi connectivity index (χ0) is 15.0. The van der Waals surface area contributed by atoms with Crippen molar-refractivity contribution in [1.82, 2.24) is 9.88 Å². The van der Waals surface area contributed by atoms with E-state index in [1.807, 2.05) is 0 Å². The summed E-state index contributed by atoms with van der Waals surface area (Å²) in [6, 6.07) is 2.07. The minimum atomic E-state index is -1.06. The first-order chi connectivity index (χ1) is 9.34. The minimum absolute atomic E-state index is 0.0383. The van der Waals surface area contributed by atoms with Gasteiger partial charge in [0.05, 0.1) is 11.1 Å². The second kappa shape index (κ2) is 5.03. The van der Waals surface area contributed by atoms with Crippen molar-refractivity contribution in [2.45, 2.75) is 19.9 Å². The predicted octanol–water partition coefficient (Wildman–Crippen LogP) is 2.50. The van der Waals surface area contributed by atoms with Crippen molar-refractivity contribution in [2.75, 3.05) is 7.05 Å². The highest BCUT2D eigenvalue weighted by atomic mass is 19.2. The number of hydrogen-bond acceptors (Lipinski definition) is 2. The molecule has 0 aliphatic rings. The SMILES string of the molecule is CC(C)N(C)C(=O)C(=O)c1c[nH]c2c(F)c(F)ccc12. The smallest absolute Gasteiger partial charge is 0.295 e. The summed E-state index contributed by atoms with van der Waals surface area (Å²) < 4.78 is 26.6. The molecule has 0 spiro atoms. The van der Waals surface area contributed by atoms with Crippen LogP contribution in [-0.4, -0.2) is 34.7 Å². The number of Topliss-reactive ketones (excluding diaryl/α,β-unsaturated/α-hetero) is 1. The number of amides is 1. The van der Waals surface area contributed by atoms with E-state index in [1.165, 1.54) is 24.2 Å². The van der Waals surface area contributed by atoms with E-state index in [1.54, 1.807) is 13.8 Å². The molecule has 1 amide bonds. The number of ketones is 1. The van der Waals surface area contributed by atoms with Gasteiger partial charge in [0, 0.05) is 24.7 Å². The molecule has 2 aromatic rings. The summed E-state index contributed by atoms with van der Waals surface area (Å²) in [5.74, 6) is -3.51. The Morgan fingerprint density at radius 1 is 1.25 bits per heavy atom. The van der Waals surface area contributed by atoms with Crippen LogP contribution in [0.5, 0.6) is 0 Å². The molecule has 0 fully saturated rings. The van der Waals surface area contributed by atoms with Gasteiger partial charge in [0.2, 0.25) is 0 Å². The van der Waals surface area contributed by atoms with Gasteiger partial charge in [0.15, 0.2) is 11.6 Å². The summed E-state index contributed by atoms with van der Waals surface area (Å²) in [7, 11) is 1.51. The monoisotopic (exact) mass is 280 g/mol. The third-order valence-corrected chi connectivity index (χ3v) is 3.28. The standard InChI is InChI=1S/C14H14F2N2O2/c1-7(2)18(3)14(20)13(19)9-6-17-12-8(9)4-5-10(15)11(12)16/h4-7,17H,1-3H3. The second-order valence-electron chi connectivity index (χ2n) is 4.83. The highest BCUT2D eigenvalue weighted by molar-refractivity contribution is 6.44. The van der Waals surface area contributed by atoms with E-state index in [2.05, 4.69) is 4.98 Å². The van der Waals surface area contributed by atoms with Crippen LogP contribution in [0.15, 0.2) is 18.3 Å². The topological polar surface area (TPSA) is 53.2 Å². The van der Waals surface area contributed by atoms with Crippen LogP contribution >= 0.6 is 0 Å². The number of halogens is 2. The summed E-state index contributed by atoms with van der Waals surface area (Å²) in [6.07, 6.45) is 1.22. The lowest BCUT2D eigenvalue weighted by molar-refractivity contribution is -0.126. The summed E-state index contributed by atoms with van der Waals surface area (Å²) in [4.78, 5) is 27.9. The highest BCUT2D eigenvalue weighted by Gasteiger charge is 2.25. The van der Waals surface area contributed by atoms with Crippen molar-refractivity contribution in [3.63, 3.8) is 0 Å². The van der Waals surface area contributed by atoms with E-state index in [0.29, 0.717) is 0 Å². The Hall–Kier alpha value is -2.24. The van der Waals surface area contributed by atoms with E-state index >= 15 is 0 Å². The molecule has 0 atom stereocenters. The van der Waals surface area contributed by atoms with Crippen molar-refractivity contribution in [3.8, 4) is 0 Å². The Balaban J connectivity index is 2.47. The van der Waals surface area contributed by atoms with Crippen LogP contribution in [0.25, 0.3) is 10.9 Å². The number of aromatic amines is 1. The lowest BCUT2D eigenvalue weighted by Gasteiger charge is -2.20. The molecule has 4 nitrogen and oxygen atoms in total. The van der Waals surface area contributed by atoms with Gasteiger partial charge in [-0.05, 0) is 26.0 Å². The van der Waals surface area contributed by atoms with Crippen molar-refractivity contribution in [1.29, 1.82) is 0 Å². The van der Waals surface area contributed by atoms with Gasteiger partial charge in [0.1, 0.15) is 0 Å². The van der Waals surface area contributed by atoms with Gasteiger partial charge in [-0.25, -0.2) is 8.78 Å².